The Bertz CT molecular complexity index is 770. The standard InChI is InChI=1S/C15H12O4/c1-18-11-3-4-12-9(6-11)2-5-13-15(12)10(8-19-13)7-14(16)17/h2-6,8H,7H2,1H3,(H,16,17). The molecule has 0 saturated carbocycles. The predicted molar refractivity (Wildman–Crippen MR) is 71.6 cm³/mol. The number of fused-ring (bicyclic) bond motifs is 3. The number of methoxy groups -OCH3 is 1. The van der Waals surface area contributed by atoms with E-state index in [1.807, 2.05) is 30.3 Å². The molecule has 19 heavy (non-hydrogen) atoms. The first-order valence-electron chi connectivity index (χ1n) is 5.87. The number of hydrogen-bond acceptors (Lipinski definition) is 3. The molecular weight excluding hydrogens is 244 g/mol. The second-order valence-corrected chi connectivity index (χ2v) is 4.36. The Morgan fingerprint density at radius 1 is 1.32 bits per heavy atom. The van der Waals surface area contributed by atoms with Gasteiger partial charge < -0.3 is 14.3 Å². The van der Waals surface area contributed by atoms with Gasteiger partial charge in [0.2, 0.25) is 0 Å². The Kier molecular flexibility index (Phi) is 2.63. The monoisotopic (exact) mass is 256 g/mol. The molecular formula is C15H12O4. The van der Waals surface area contributed by atoms with Crippen LogP contribution in [-0.4, -0.2) is 18.2 Å². The van der Waals surface area contributed by atoms with Gasteiger partial charge in [-0.25, -0.2) is 0 Å². The van der Waals surface area contributed by atoms with E-state index in [1.165, 1.54) is 6.26 Å². The Morgan fingerprint density at radius 2 is 2.16 bits per heavy atom. The van der Waals surface area contributed by atoms with Gasteiger partial charge in [0, 0.05) is 10.9 Å². The maximum absolute atomic E-state index is 10.9. The molecule has 0 aliphatic rings. The van der Waals surface area contributed by atoms with Crippen molar-refractivity contribution in [2.75, 3.05) is 7.11 Å². The lowest BCUT2D eigenvalue weighted by Gasteiger charge is -2.04. The molecule has 4 heteroatoms. The quantitative estimate of drug-likeness (QED) is 0.781. The van der Waals surface area contributed by atoms with Crippen molar-refractivity contribution in [3.05, 3.63) is 42.2 Å². The fraction of sp³-hybridized carbons (Fsp3) is 0.133. The molecule has 0 bridgehead atoms. The van der Waals surface area contributed by atoms with Gasteiger partial charge >= 0.3 is 5.97 Å². The summed E-state index contributed by atoms with van der Waals surface area (Å²) in [6, 6.07) is 9.50. The van der Waals surface area contributed by atoms with Gasteiger partial charge in [0.25, 0.3) is 0 Å². The van der Waals surface area contributed by atoms with Gasteiger partial charge in [-0.15, -0.1) is 0 Å². The summed E-state index contributed by atoms with van der Waals surface area (Å²) in [6.45, 7) is 0. The molecule has 0 radical (unpaired) electrons. The number of carboxylic acids is 1. The average molecular weight is 256 g/mol. The minimum atomic E-state index is -0.867. The van der Waals surface area contributed by atoms with Crippen LogP contribution in [0.3, 0.4) is 0 Å². The summed E-state index contributed by atoms with van der Waals surface area (Å²) in [5.41, 5.74) is 1.40. The summed E-state index contributed by atoms with van der Waals surface area (Å²) in [4.78, 5) is 10.9. The number of rotatable bonds is 3. The van der Waals surface area contributed by atoms with Crippen LogP contribution in [0.25, 0.3) is 21.7 Å². The maximum Gasteiger partial charge on any atom is 0.307 e. The van der Waals surface area contributed by atoms with E-state index in [0.717, 1.165) is 21.9 Å². The minimum absolute atomic E-state index is 0.0435. The number of hydrogen-bond donors (Lipinski definition) is 1. The lowest BCUT2D eigenvalue weighted by molar-refractivity contribution is -0.136. The zero-order chi connectivity index (χ0) is 13.4. The van der Waals surface area contributed by atoms with E-state index in [2.05, 4.69) is 0 Å². The van der Waals surface area contributed by atoms with Crippen LogP contribution in [0, 0.1) is 0 Å². The third-order valence-corrected chi connectivity index (χ3v) is 3.18. The minimum Gasteiger partial charge on any atom is -0.497 e. The molecule has 0 amide bonds. The highest BCUT2D eigenvalue weighted by molar-refractivity contribution is 6.08. The molecule has 0 saturated heterocycles. The van der Waals surface area contributed by atoms with Crippen LogP contribution in [0.2, 0.25) is 0 Å². The van der Waals surface area contributed by atoms with Gasteiger partial charge in [0.1, 0.15) is 11.3 Å². The zero-order valence-corrected chi connectivity index (χ0v) is 10.3. The molecule has 0 fully saturated rings. The molecule has 0 spiro atoms. The van der Waals surface area contributed by atoms with Crippen molar-refractivity contribution in [1.82, 2.24) is 0 Å². The Balaban J connectivity index is 2.31. The maximum atomic E-state index is 10.9. The Hall–Kier alpha value is -2.49. The van der Waals surface area contributed by atoms with Crippen LogP contribution in [0.4, 0.5) is 0 Å². The third kappa shape index (κ3) is 1.91. The molecule has 3 rings (SSSR count). The molecule has 0 aliphatic carbocycles. The summed E-state index contributed by atoms with van der Waals surface area (Å²) < 4.78 is 10.6. The number of carbonyl (C=O) groups is 1. The van der Waals surface area contributed by atoms with Gasteiger partial charge in [-0.1, -0.05) is 6.07 Å². The highest BCUT2D eigenvalue weighted by atomic mass is 16.5. The SMILES string of the molecule is COc1ccc2c(ccc3occ(CC(=O)O)c32)c1. The number of ether oxygens (including phenoxy) is 1. The van der Waals surface area contributed by atoms with E-state index in [1.54, 1.807) is 7.11 Å². The highest BCUT2D eigenvalue weighted by Crippen LogP contribution is 2.32. The molecule has 2 aromatic carbocycles. The van der Waals surface area contributed by atoms with Gasteiger partial charge in [0.15, 0.2) is 0 Å². The first kappa shape index (κ1) is 11.6. The summed E-state index contributed by atoms with van der Waals surface area (Å²) in [7, 11) is 1.62. The summed E-state index contributed by atoms with van der Waals surface area (Å²) >= 11 is 0. The lowest BCUT2D eigenvalue weighted by atomic mass is 10.0. The fourth-order valence-electron chi connectivity index (χ4n) is 2.33. The zero-order valence-electron chi connectivity index (χ0n) is 10.3. The van der Waals surface area contributed by atoms with Crippen molar-refractivity contribution in [3.8, 4) is 5.75 Å². The second-order valence-electron chi connectivity index (χ2n) is 4.36. The highest BCUT2D eigenvalue weighted by Gasteiger charge is 2.12. The second kappa shape index (κ2) is 4.31. The normalized spacial score (nSPS) is 11.0. The van der Waals surface area contributed by atoms with Crippen LogP contribution in [-0.2, 0) is 11.2 Å². The van der Waals surface area contributed by atoms with Crippen molar-refractivity contribution in [2.45, 2.75) is 6.42 Å². The molecule has 1 aromatic heterocycles. The topological polar surface area (TPSA) is 59.7 Å². The van der Waals surface area contributed by atoms with Crippen molar-refractivity contribution >= 4 is 27.7 Å². The van der Waals surface area contributed by atoms with E-state index < -0.39 is 5.97 Å². The first-order valence-corrected chi connectivity index (χ1v) is 5.87. The summed E-state index contributed by atoms with van der Waals surface area (Å²) in [5, 5.41) is 11.8. The molecule has 4 nitrogen and oxygen atoms in total. The van der Waals surface area contributed by atoms with Crippen molar-refractivity contribution in [1.29, 1.82) is 0 Å². The van der Waals surface area contributed by atoms with Crippen LogP contribution >= 0.6 is 0 Å². The van der Waals surface area contributed by atoms with Crippen LogP contribution in [0.5, 0.6) is 5.75 Å². The van der Waals surface area contributed by atoms with Crippen LogP contribution in [0.15, 0.2) is 41.0 Å². The third-order valence-electron chi connectivity index (χ3n) is 3.18. The fourth-order valence-corrected chi connectivity index (χ4v) is 2.33. The van der Waals surface area contributed by atoms with Crippen molar-refractivity contribution in [2.24, 2.45) is 0 Å². The lowest BCUT2D eigenvalue weighted by Crippen LogP contribution is -1.98. The van der Waals surface area contributed by atoms with Gasteiger partial charge in [-0.3, -0.25) is 4.79 Å². The van der Waals surface area contributed by atoms with E-state index in [4.69, 9.17) is 14.3 Å². The predicted octanol–water partition coefficient (Wildman–Crippen LogP) is 3.22. The van der Waals surface area contributed by atoms with Gasteiger partial charge in [0.05, 0.1) is 19.8 Å². The number of furan rings is 1. The molecule has 0 unspecified atom stereocenters. The van der Waals surface area contributed by atoms with Crippen molar-refractivity contribution < 1.29 is 19.1 Å². The van der Waals surface area contributed by atoms with Crippen LogP contribution < -0.4 is 4.74 Å². The number of benzene rings is 2. The molecule has 1 heterocycles. The molecule has 3 aromatic rings. The smallest absolute Gasteiger partial charge is 0.307 e. The van der Waals surface area contributed by atoms with E-state index in [0.29, 0.717) is 11.1 Å². The summed E-state index contributed by atoms with van der Waals surface area (Å²) in [5.74, 6) is -0.0941. The summed E-state index contributed by atoms with van der Waals surface area (Å²) in [6.07, 6.45) is 1.47. The van der Waals surface area contributed by atoms with E-state index >= 15 is 0 Å². The molecule has 0 atom stereocenters. The first-order chi connectivity index (χ1) is 9.19. The Morgan fingerprint density at radius 3 is 2.89 bits per heavy atom. The molecule has 0 aliphatic heterocycles. The van der Waals surface area contributed by atoms with Crippen LogP contribution in [0.1, 0.15) is 5.56 Å². The van der Waals surface area contributed by atoms with Gasteiger partial charge in [-0.2, -0.15) is 0 Å². The largest absolute Gasteiger partial charge is 0.497 e. The number of carboxylic acid groups (broad SMARTS) is 1. The Labute approximate surface area is 109 Å². The molecule has 96 valence electrons. The van der Waals surface area contributed by atoms with E-state index in [9.17, 15) is 4.79 Å². The van der Waals surface area contributed by atoms with Gasteiger partial charge in [-0.05, 0) is 35.0 Å². The van der Waals surface area contributed by atoms with E-state index in [-0.39, 0.29) is 6.42 Å². The van der Waals surface area contributed by atoms with Crippen molar-refractivity contribution in [3.63, 3.8) is 0 Å². The average Bonchev–Trinajstić information content (AvgIpc) is 2.80. The molecule has 1 N–H and O–H groups in total. The number of aliphatic carboxylic acids is 1.